The molecule has 0 bridgehead atoms. The van der Waals surface area contributed by atoms with Gasteiger partial charge in [-0.1, -0.05) is 34.1 Å². The smallest absolute Gasteiger partial charge is 0.131 e. The summed E-state index contributed by atoms with van der Waals surface area (Å²) in [6.45, 7) is 0. The van der Waals surface area contributed by atoms with Crippen LogP contribution in [0.25, 0.3) is 6.08 Å². The number of thiol groups is 1. The molecule has 0 amide bonds. The molecule has 0 N–H and O–H groups in total. The van der Waals surface area contributed by atoms with E-state index in [9.17, 15) is 4.39 Å². The van der Waals surface area contributed by atoms with Crippen molar-refractivity contribution in [2.24, 2.45) is 0 Å². The van der Waals surface area contributed by atoms with Crippen molar-refractivity contribution in [3.8, 4) is 0 Å². The van der Waals surface area contributed by atoms with E-state index >= 15 is 0 Å². The standard InChI is InChI=1S/C9H8BrFS/c10-8-4-1-5-9(11)7(8)3-2-6-12/h1-5,12H,6H2. The molecular weight excluding hydrogens is 239 g/mol. The Kier molecular flexibility index (Phi) is 3.82. The zero-order chi connectivity index (χ0) is 8.97. The molecule has 64 valence electrons. The van der Waals surface area contributed by atoms with E-state index in [1.54, 1.807) is 24.3 Å². The van der Waals surface area contributed by atoms with Gasteiger partial charge < -0.3 is 0 Å². The summed E-state index contributed by atoms with van der Waals surface area (Å²) in [7, 11) is 0. The molecule has 0 radical (unpaired) electrons. The van der Waals surface area contributed by atoms with Gasteiger partial charge in [0.05, 0.1) is 0 Å². The second-order valence-corrected chi connectivity index (χ2v) is 3.44. The van der Waals surface area contributed by atoms with Crippen molar-refractivity contribution in [3.05, 3.63) is 40.1 Å². The van der Waals surface area contributed by atoms with Gasteiger partial charge in [-0.25, -0.2) is 4.39 Å². The maximum absolute atomic E-state index is 13.1. The summed E-state index contributed by atoms with van der Waals surface area (Å²) in [6.07, 6.45) is 3.51. The molecule has 0 spiro atoms. The Balaban J connectivity index is 3.04. The molecule has 0 fully saturated rings. The first-order chi connectivity index (χ1) is 5.75. The van der Waals surface area contributed by atoms with E-state index in [0.717, 1.165) is 4.47 Å². The highest BCUT2D eigenvalue weighted by Crippen LogP contribution is 2.20. The molecular formula is C9H8BrFS. The van der Waals surface area contributed by atoms with Gasteiger partial charge in [-0.15, -0.1) is 0 Å². The van der Waals surface area contributed by atoms with E-state index in [1.807, 2.05) is 0 Å². The third kappa shape index (κ3) is 2.35. The Morgan fingerprint density at radius 2 is 2.25 bits per heavy atom. The molecule has 1 aromatic rings. The van der Waals surface area contributed by atoms with Gasteiger partial charge in [0, 0.05) is 15.8 Å². The van der Waals surface area contributed by atoms with Crippen LogP contribution in [0.4, 0.5) is 4.39 Å². The zero-order valence-electron chi connectivity index (χ0n) is 6.30. The predicted molar refractivity (Wildman–Crippen MR) is 57.0 cm³/mol. The van der Waals surface area contributed by atoms with E-state index in [4.69, 9.17) is 0 Å². The fraction of sp³-hybridized carbons (Fsp3) is 0.111. The minimum Gasteiger partial charge on any atom is -0.206 e. The highest BCUT2D eigenvalue weighted by atomic mass is 79.9. The molecule has 12 heavy (non-hydrogen) atoms. The van der Waals surface area contributed by atoms with Crippen LogP contribution in [0, 0.1) is 5.82 Å². The molecule has 0 heterocycles. The Bertz CT molecular complexity index is 276. The molecule has 0 aliphatic carbocycles. The van der Waals surface area contributed by atoms with Gasteiger partial charge in [0.25, 0.3) is 0 Å². The fourth-order valence-electron chi connectivity index (χ4n) is 0.840. The Hall–Kier alpha value is -0.280. The molecule has 0 nitrogen and oxygen atoms in total. The van der Waals surface area contributed by atoms with Crippen molar-refractivity contribution in [1.29, 1.82) is 0 Å². The lowest BCUT2D eigenvalue weighted by Crippen LogP contribution is -1.82. The van der Waals surface area contributed by atoms with Gasteiger partial charge in [0.2, 0.25) is 0 Å². The highest BCUT2D eigenvalue weighted by Gasteiger charge is 2.00. The van der Waals surface area contributed by atoms with E-state index in [2.05, 4.69) is 28.6 Å². The maximum atomic E-state index is 13.1. The minimum atomic E-state index is -0.220. The number of hydrogen-bond donors (Lipinski definition) is 1. The third-order valence-electron chi connectivity index (χ3n) is 1.39. The van der Waals surface area contributed by atoms with Gasteiger partial charge in [-0.2, -0.15) is 12.6 Å². The molecule has 0 unspecified atom stereocenters. The van der Waals surface area contributed by atoms with Crippen LogP contribution in [0.15, 0.2) is 28.7 Å². The summed E-state index contributed by atoms with van der Waals surface area (Å²) >= 11 is 7.26. The average Bonchev–Trinajstić information content (AvgIpc) is 2.04. The van der Waals surface area contributed by atoms with Gasteiger partial charge >= 0.3 is 0 Å². The van der Waals surface area contributed by atoms with Crippen LogP contribution in [-0.2, 0) is 0 Å². The summed E-state index contributed by atoms with van der Waals surface area (Å²) in [5, 5.41) is 0. The third-order valence-corrected chi connectivity index (χ3v) is 2.29. The molecule has 3 heteroatoms. The predicted octanol–water partition coefficient (Wildman–Crippen LogP) is 3.53. The quantitative estimate of drug-likeness (QED) is 0.759. The summed E-state index contributed by atoms with van der Waals surface area (Å²) in [4.78, 5) is 0. The van der Waals surface area contributed by atoms with Gasteiger partial charge in [0.1, 0.15) is 5.82 Å². The van der Waals surface area contributed by atoms with Crippen molar-refractivity contribution in [3.63, 3.8) is 0 Å². The average molecular weight is 247 g/mol. The lowest BCUT2D eigenvalue weighted by Gasteiger charge is -1.98. The maximum Gasteiger partial charge on any atom is 0.131 e. The van der Waals surface area contributed by atoms with Crippen molar-refractivity contribution in [2.45, 2.75) is 0 Å². The van der Waals surface area contributed by atoms with E-state index in [0.29, 0.717) is 11.3 Å². The molecule has 1 aromatic carbocycles. The van der Waals surface area contributed by atoms with Crippen LogP contribution in [0.3, 0.4) is 0 Å². The Morgan fingerprint density at radius 1 is 1.50 bits per heavy atom. The molecule has 0 aliphatic rings. The first-order valence-electron chi connectivity index (χ1n) is 3.47. The van der Waals surface area contributed by atoms with Crippen molar-refractivity contribution in [1.82, 2.24) is 0 Å². The van der Waals surface area contributed by atoms with Gasteiger partial charge in [-0.3, -0.25) is 0 Å². The van der Waals surface area contributed by atoms with Gasteiger partial charge in [0.15, 0.2) is 0 Å². The zero-order valence-corrected chi connectivity index (χ0v) is 8.78. The molecule has 0 aliphatic heterocycles. The first-order valence-corrected chi connectivity index (χ1v) is 4.89. The SMILES string of the molecule is Fc1cccc(Br)c1C=CCS. The first kappa shape index (κ1) is 9.81. The number of benzene rings is 1. The van der Waals surface area contributed by atoms with Crippen LogP contribution in [0.1, 0.15) is 5.56 Å². The highest BCUT2D eigenvalue weighted by molar-refractivity contribution is 9.10. The number of hydrogen-bond acceptors (Lipinski definition) is 1. The second kappa shape index (κ2) is 4.67. The van der Waals surface area contributed by atoms with Crippen LogP contribution >= 0.6 is 28.6 Å². The van der Waals surface area contributed by atoms with Crippen LogP contribution < -0.4 is 0 Å². The molecule has 0 atom stereocenters. The van der Waals surface area contributed by atoms with Crippen LogP contribution in [0.5, 0.6) is 0 Å². The Morgan fingerprint density at radius 3 is 2.83 bits per heavy atom. The molecule has 1 rings (SSSR count). The van der Waals surface area contributed by atoms with E-state index in [-0.39, 0.29) is 5.82 Å². The summed E-state index contributed by atoms with van der Waals surface area (Å²) in [5.74, 6) is 0.392. The minimum absolute atomic E-state index is 0.220. The lowest BCUT2D eigenvalue weighted by atomic mass is 10.2. The molecule has 0 saturated carbocycles. The van der Waals surface area contributed by atoms with Crippen LogP contribution in [-0.4, -0.2) is 5.75 Å². The largest absolute Gasteiger partial charge is 0.206 e. The van der Waals surface area contributed by atoms with E-state index < -0.39 is 0 Å². The summed E-state index contributed by atoms with van der Waals surface area (Å²) in [5.41, 5.74) is 0.576. The van der Waals surface area contributed by atoms with Crippen molar-refractivity contribution < 1.29 is 4.39 Å². The topological polar surface area (TPSA) is 0 Å². The number of rotatable bonds is 2. The van der Waals surface area contributed by atoms with Crippen molar-refractivity contribution >= 4 is 34.6 Å². The van der Waals surface area contributed by atoms with Crippen molar-refractivity contribution in [2.75, 3.05) is 5.75 Å². The monoisotopic (exact) mass is 246 g/mol. The second-order valence-electron chi connectivity index (χ2n) is 2.22. The number of halogens is 2. The Labute approximate surface area is 85.0 Å². The van der Waals surface area contributed by atoms with Gasteiger partial charge in [-0.05, 0) is 12.1 Å². The van der Waals surface area contributed by atoms with E-state index in [1.165, 1.54) is 6.07 Å². The normalized spacial score (nSPS) is 10.9. The molecule has 0 aromatic heterocycles. The summed E-state index contributed by atoms with van der Waals surface area (Å²) in [6, 6.07) is 4.90. The lowest BCUT2D eigenvalue weighted by molar-refractivity contribution is 0.624. The summed E-state index contributed by atoms with van der Waals surface area (Å²) < 4.78 is 13.8. The fourth-order valence-corrected chi connectivity index (χ4v) is 1.42. The molecule has 0 saturated heterocycles. The van der Waals surface area contributed by atoms with Crippen LogP contribution in [0.2, 0.25) is 0 Å².